The van der Waals surface area contributed by atoms with Crippen LogP contribution < -0.4 is 0 Å². The molecule has 146 valence electrons. The summed E-state index contributed by atoms with van der Waals surface area (Å²) in [5, 5.41) is 0. The van der Waals surface area contributed by atoms with Gasteiger partial charge in [0.05, 0.1) is 6.54 Å². The monoisotopic (exact) mass is 372 g/mol. The second-order valence-corrected chi connectivity index (χ2v) is 8.76. The molecule has 5 heteroatoms. The Morgan fingerprint density at radius 2 is 1.96 bits per heavy atom. The molecule has 0 aromatic heterocycles. The van der Waals surface area contributed by atoms with Crippen LogP contribution in [0.1, 0.15) is 57.1 Å². The average molecular weight is 372 g/mol. The van der Waals surface area contributed by atoms with Crippen molar-refractivity contribution in [2.45, 2.75) is 63.8 Å². The van der Waals surface area contributed by atoms with Crippen LogP contribution in [0.2, 0.25) is 0 Å². The van der Waals surface area contributed by atoms with E-state index in [4.69, 9.17) is 0 Å². The third-order valence-corrected chi connectivity index (χ3v) is 7.13. The minimum absolute atomic E-state index is 0.0173. The smallest absolute Gasteiger partial charge is 0.242 e. The van der Waals surface area contributed by atoms with Crippen molar-refractivity contribution in [3.8, 4) is 0 Å². The van der Waals surface area contributed by atoms with Crippen molar-refractivity contribution in [3.63, 3.8) is 0 Å². The fraction of sp³-hybridized carbons (Fsp3) is 0.636. The Labute approximate surface area is 160 Å². The number of hydrogen-bond donors (Lipinski definition) is 0. The predicted octanol–water partition coefficient (Wildman–Crippen LogP) is 3.28. The van der Waals surface area contributed by atoms with Gasteiger partial charge >= 0.3 is 0 Å². The Bertz CT molecular complexity index is 759. The summed E-state index contributed by atoms with van der Waals surface area (Å²) >= 11 is 0. The van der Waals surface area contributed by atoms with Crippen LogP contribution in [-0.2, 0) is 21.4 Å². The number of fused-ring (bicyclic) bond motifs is 4. The van der Waals surface area contributed by atoms with Crippen LogP contribution in [0.5, 0.6) is 0 Å². The maximum Gasteiger partial charge on any atom is 0.242 e. The maximum absolute atomic E-state index is 14.1. The van der Waals surface area contributed by atoms with Crippen molar-refractivity contribution in [2.75, 3.05) is 19.6 Å². The summed E-state index contributed by atoms with van der Waals surface area (Å²) in [7, 11) is 0. The first-order chi connectivity index (χ1) is 12.9. The Morgan fingerprint density at radius 1 is 1.22 bits per heavy atom. The molecular formula is C22H29FN2O2. The number of nitrogens with zero attached hydrogens (tertiary/aromatic N) is 2. The van der Waals surface area contributed by atoms with Crippen molar-refractivity contribution in [2.24, 2.45) is 5.92 Å². The number of carbonyl (C=O) groups is 2. The number of benzene rings is 1. The normalized spacial score (nSPS) is 29.1. The van der Waals surface area contributed by atoms with Crippen molar-refractivity contribution in [3.05, 3.63) is 35.1 Å². The van der Waals surface area contributed by atoms with E-state index in [0.29, 0.717) is 13.1 Å². The molecule has 0 N–H and O–H groups in total. The molecule has 0 radical (unpaired) electrons. The molecule has 2 heterocycles. The second kappa shape index (κ2) is 6.92. The van der Waals surface area contributed by atoms with Crippen LogP contribution in [0.3, 0.4) is 0 Å². The third kappa shape index (κ3) is 3.15. The highest BCUT2D eigenvalue weighted by molar-refractivity contribution is 5.87. The van der Waals surface area contributed by atoms with Gasteiger partial charge in [0.25, 0.3) is 0 Å². The van der Waals surface area contributed by atoms with Gasteiger partial charge in [-0.15, -0.1) is 0 Å². The molecule has 1 aromatic carbocycles. The summed E-state index contributed by atoms with van der Waals surface area (Å²) < 4.78 is 14.1. The SMILES string of the molecule is CC1N2CCc3ccc(F)cc3C1(C)CN(C(=O)C1CCCCC1)CC2=O. The van der Waals surface area contributed by atoms with Gasteiger partial charge in [-0.05, 0) is 49.4 Å². The fourth-order valence-corrected chi connectivity index (χ4v) is 5.33. The van der Waals surface area contributed by atoms with E-state index in [9.17, 15) is 14.0 Å². The molecule has 2 unspecified atom stereocenters. The highest BCUT2D eigenvalue weighted by Crippen LogP contribution is 2.40. The maximum atomic E-state index is 14.1. The van der Waals surface area contributed by atoms with Crippen molar-refractivity contribution < 1.29 is 14.0 Å². The summed E-state index contributed by atoms with van der Waals surface area (Å²) in [6.45, 7) is 5.39. The number of amides is 2. The minimum atomic E-state index is -0.468. The quantitative estimate of drug-likeness (QED) is 0.759. The lowest BCUT2D eigenvalue weighted by atomic mass is 9.74. The average Bonchev–Trinajstić information content (AvgIpc) is 2.83. The fourth-order valence-electron chi connectivity index (χ4n) is 5.33. The lowest BCUT2D eigenvalue weighted by Crippen LogP contribution is -2.50. The first-order valence-corrected chi connectivity index (χ1v) is 10.3. The molecule has 2 aliphatic heterocycles. The van der Waals surface area contributed by atoms with Crippen LogP contribution in [0.25, 0.3) is 0 Å². The van der Waals surface area contributed by atoms with Gasteiger partial charge in [0.15, 0.2) is 0 Å². The van der Waals surface area contributed by atoms with Crippen molar-refractivity contribution in [1.29, 1.82) is 0 Å². The van der Waals surface area contributed by atoms with E-state index < -0.39 is 5.41 Å². The zero-order valence-electron chi connectivity index (χ0n) is 16.3. The molecule has 1 aliphatic carbocycles. The Balaban J connectivity index is 1.73. The van der Waals surface area contributed by atoms with Crippen LogP contribution in [0, 0.1) is 11.7 Å². The summed E-state index contributed by atoms with van der Waals surface area (Å²) in [6, 6.07) is 4.89. The summed E-state index contributed by atoms with van der Waals surface area (Å²) in [5.74, 6) is -0.0885. The van der Waals surface area contributed by atoms with Gasteiger partial charge in [-0.2, -0.15) is 0 Å². The number of rotatable bonds is 1. The molecule has 27 heavy (non-hydrogen) atoms. The van der Waals surface area contributed by atoms with Gasteiger partial charge in [-0.3, -0.25) is 9.59 Å². The molecular weight excluding hydrogens is 343 g/mol. The van der Waals surface area contributed by atoms with Crippen LogP contribution in [0.15, 0.2) is 18.2 Å². The summed E-state index contributed by atoms with van der Waals surface area (Å²) in [6.07, 6.45) is 5.95. The van der Waals surface area contributed by atoms with Crippen molar-refractivity contribution >= 4 is 11.8 Å². The largest absolute Gasteiger partial charge is 0.337 e. The highest BCUT2D eigenvalue weighted by atomic mass is 19.1. The molecule has 1 aromatic rings. The van der Waals surface area contributed by atoms with Gasteiger partial charge in [-0.1, -0.05) is 32.3 Å². The van der Waals surface area contributed by atoms with Crippen LogP contribution in [0.4, 0.5) is 4.39 Å². The Hall–Kier alpha value is -1.91. The lowest BCUT2D eigenvalue weighted by molar-refractivity contribution is -0.142. The summed E-state index contributed by atoms with van der Waals surface area (Å²) in [4.78, 5) is 29.9. The second-order valence-electron chi connectivity index (χ2n) is 8.76. The van der Waals surface area contributed by atoms with Gasteiger partial charge in [0.2, 0.25) is 11.8 Å². The number of halogens is 1. The molecule has 1 saturated heterocycles. The lowest BCUT2D eigenvalue weighted by Gasteiger charge is -2.40. The van der Waals surface area contributed by atoms with E-state index >= 15 is 0 Å². The Morgan fingerprint density at radius 3 is 2.70 bits per heavy atom. The molecule has 0 spiro atoms. The van der Waals surface area contributed by atoms with E-state index in [1.165, 1.54) is 12.5 Å². The first-order valence-electron chi connectivity index (χ1n) is 10.3. The molecule has 1 saturated carbocycles. The zero-order valence-corrected chi connectivity index (χ0v) is 16.3. The summed E-state index contributed by atoms with van der Waals surface area (Å²) in [5.41, 5.74) is 1.58. The zero-order chi connectivity index (χ0) is 19.2. The third-order valence-electron chi connectivity index (χ3n) is 7.13. The van der Waals surface area contributed by atoms with Gasteiger partial charge in [0.1, 0.15) is 5.82 Å². The molecule has 4 nitrogen and oxygen atoms in total. The van der Waals surface area contributed by atoms with Gasteiger partial charge in [-0.25, -0.2) is 4.39 Å². The van der Waals surface area contributed by atoms with Crippen molar-refractivity contribution in [1.82, 2.24) is 9.80 Å². The number of carbonyl (C=O) groups excluding carboxylic acids is 2. The topological polar surface area (TPSA) is 40.6 Å². The molecule has 2 atom stereocenters. The molecule has 3 aliphatic rings. The van der Waals surface area contributed by atoms with E-state index in [1.807, 2.05) is 17.9 Å². The standard InChI is InChI=1S/C22H29FN2O2/c1-15-22(2)14-24(21(27)17-6-4-3-5-7-17)13-20(26)25(15)11-10-16-8-9-18(23)12-19(16)22/h8-9,12,15,17H,3-7,10-11,13-14H2,1-2H3. The molecule has 2 fully saturated rings. The number of hydrogen-bond acceptors (Lipinski definition) is 2. The first kappa shape index (κ1) is 18.5. The van der Waals surface area contributed by atoms with Gasteiger partial charge < -0.3 is 9.80 Å². The van der Waals surface area contributed by atoms with E-state index in [0.717, 1.165) is 43.2 Å². The minimum Gasteiger partial charge on any atom is -0.337 e. The van der Waals surface area contributed by atoms with E-state index in [-0.39, 0.29) is 36.1 Å². The molecule has 4 rings (SSSR count). The van der Waals surface area contributed by atoms with Crippen LogP contribution >= 0.6 is 0 Å². The van der Waals surface area contributed by atoms with Crippen LogP contribution in [-0.4, -0.2) is 47.3 Å². The molecule has 2 bridgehead atoms. The van der Waals surface area contributed by atoms with E-state index in [1.54, 1.807) is 11.0 Å². The predicted molar refractivity (Wildman–Crippen MR) is 102 cm³/mol. The Kier molecular flexibility index (Phi) is 4.73. The van der Waals surface area contributed by atoms with E-state index in [2.05, 4.69) is 6.92 Å². The molecule has 2 amide bonds. The highest BCUT2D eigenvalue weighted by Gasteiger charge is 2.47. The van der Waals surface area contributed by atoms with Gasteiger partial charge in [0, 0.05) is 30.5 Å².